The molecule has 4 nitrogen and oxygen atoms in total. The number of aromatic nitrogens is 2. The van der Waals surface area contributed by atoms with Gasteiger partial charge in [-0.1, -0.05) is 30.3 Å². The number of aryl methyl sites for hydroxylation is 1. The highest BCUT2D eigenvalue weighted by Crippen LogP contribution is 2.19. The molecule has 1 aliphatic rings. The first-order valence-electron chi connectivity index (χ1n) is 7.18. The summed E-state index contributed by atoms with van der Waals surface area (Å²) in [5.41, 5.74) is 3.77. The molecule has 0 atom stereocenters. The quantitative estimate of drug-likeness (QED) is 0.891. The molecule has 0 aliphatic carbocycles. The molecule has 0 bridgehead atoms. The summed E-state index contributed by atoms with van der Waals surface area (Å²) in [5, 5.41) is 6.86. The van der Waals surface area contributed by atoms with Gasteiger partial charge in [0.25, 0.3) is 0 Å². The maximum absolute atomic E-state index is 4.56. The van der Waals surface area contributed by atoms with Gasteiger partial charge in [0.1, 0.15) is 11.6 Å². The van der Waals surface area contributed by atoms with Crippen LogP contribution in [0.5, 0.6) is 0 Å². The van der Waals surface area contributed by atoms with Gasteiger partial charge in [-0.2, -0.15) is 0 Å². The Hall–Kier alpha value is -1.94. The minimum absolute atomic E-state index is 0.855. The van der Waals surface area contributed by atoms with Crippen molar-refractivity contribution in [2.24, 2.45) is 0 Å². The van der Waals surface area contributed by atoms with Crippen molar-refractivity contribution >= 4 is 5.82 Å². The Balaban J connectivity index is 1.69. The lowest BCUT2D eigenvalue weighted by Gasteiger charge is -2.20. The summed E-state index contributed by atoms with van der Waals surface area (Å²) >= 11 is 0. The van der Waals surface area contributed by atoms with E-state index >= 15 is 0 Å². The van der Waals surface area contributed by atoms with Crippen LogP contribution >= 0.6 is 0 Å². The lowest BCUT2D eigenvalue weighted by atomic mass is 10.1. The number of nitrogens with one attached hydrogen (secondary N) is 2. The first-order valence-corrected chi connectivity index (χ1v) is 7.18. The van der Waals surface area contributed by atoms with E-state index in [1.807, 2.05) is 13.0 Å². The van der Waals surface area contributed by atoms with Crippen molar-refractivity contribution in [1.29, 1.82) is 0 Å². The van der Waals surface area contributed by atoms with Crippen molar-refractivity contribution in [2.75, 3.05) is 18.4 Å². The zero-order chi connectivity index (χ0) is 13.8. The maximum Gasteiger partial charge on any atom is 0.134 e. The molecular formula is C16H20N4. The van der Waals surface area contributed by atoms with Gasteiger partial charge in [0.15, 0.2) is 0 Å². The number of rotatable bonds is 4. The number of fused-ring (bicyclic) bond motifs is 1. The molecule has 0 amide bonds. The lowest BCUT2D eigenvalue weighted by molar-refractivity contribution is 0.624. The summed E-state index contributed by atoms with van der Waals surface area (Å²) in [6, 6.07) is 10.5. The highest BCUT2D eigenvalue weighted by molar-refractivity contribution is 5.47. The van der Waals surface area contributed by atoms with Gasteiger partial charge in [-0.15, -0.1) is 0 Å². The Bertz CT molecular complexity index is 581. The van der Waals surface area contributed by atoms with Crippen LogP contribution in [0.3, 0.4) is 0 Å². The van der Waals surface area contributed by atoms with E-state index in [-0.39, 0.29) is 0 Å². The Morgan fingerprint density at radius 1 is 1.20 bits per heavy atom. The molecule has 0 spiro atoms. The SMILES string of the molecule is Cc1nc2c(c(NCCc3ccccc3)n1)CNCC2. The van der Waals surface area contributed by atoms with E-state index in [0.29, 0.717) is 0 Å². The second-order valence-corrected chi connectivity index (χ2v) is 5.13. The van der Waals surface area contributed by atoms with Crippen LogP contribution < -0.4 is 10.6 Å². The van der Waals surface area contributed by atoms with Crippen molar-refractivity contribution in [2.45, 2.75) is 26.3 Å². The van der Waals surface area contributed by atoms with Crippen LogP contribution in [0.4, 0.5) is 5.82 Å². The third kappa shape index (κ3) is 2.96. The van der Waals surface area contributed by atoms with Crippen molar-refractivity contribution < 1.29 is 0 Å². The molecule has 0 radical (unpaired) electrons. The smallest absolute Gasteiger partial charge is 0.134 e. The van der Waals surface area contributed by atoms with Gasteiger partial charge in [-0.3, -0.25) is 0 Å². The van der Waals surface area contributed by atoms with Gasteiger partial charge in [0.05, 0.1) is 5.69 Å². The maximum atomic E-state index is 4.56. The largest absolute Gasteiger partial charge is 0.369 e. The molecule has 2 N–H and O–H groups in total. The van der Waals surface area contributed by atoms with Gasteiger partial charge in [0.2, 0.25) is 0 Å². The van der Waals surface area contributed by atoms with E-state index in [1.165, 1.54) is 16.8 Å². The molecular weight excluding hydrogens is 248 g/mol. The molecule has 1 aliphatic heterocycles. The van der Waals surface area contributed by atoms with Crippen molar-refractivity contribution in [3.8, 4) is 0 Å². The van der Waals surface area contributed by atoms with Crippen LogP contribution in [0.15, 0.2) is 30.3 Å². The summed E-state index contributed by atoms with van der Waals surface area (Å²) in [6.45, 7) is 4.73. The average molecular weight is 268 g/mol. The molecule has 2 heterocycles. The Labute approximate surface area is 119 Å². The summed E-state index contributed by atoms with van der Waals surface area (Å²) < 4.78 is 0. The fourth-order valence-electron chi connectivity index (χ4n) is 2.58. The van der Waals surface area contributed by atoms with E-state index < -0.39 is 0 Å². The average Bonchev–Trinajstić information content (AvgIpc) is 2.48. The van der Waals surface area contributed by atoms with Crippen molar-refractivity contribution in [3.05, 3.63) is 53.0 Å². The number of hydrogen-bond acceptors (Lipinski definition) is 4. The fourth-order valence-corrected chi connectivity index (χ4v) is 2.58. The molecule has 0 saturated carbocycles. The summed E-state index contributed by atoms with van der Waals surface area (Å²) in [4.78, 5) is 9.10. The first-order chi connectivity index (χ1) is 9.83. The Kier molecular flexibility index (Phi) is 3.92. The molecule has 0 saturated heterocycles. The van der Waals surface area contributed by atoms with E-state index in [9.17, 15) is 0 Å². The van der Waals surface area contributed by atoms with Crippen LogP contribution in [0, 0.1) is 6.92 Å². The predicted molar refractivity (Wildman–Crippen MR) is 80.8 cm³/mol. The van der Waals surface area contributed by atoms with Gasteiger partial charge < -0.3 is 10.6 Å². The van der Waals surface area contributed by atoms with Crippen LogP contribution in [-0.4, -0.2) is 23.1 Å². The normalized spacial score (nSPS) is 13.8. The second kappa shape index (κ2) is 6.01. The van der Waals surface area contributed by atoms with Gasteiger partial charge in [0, 0.05) is 31.6 Å². The predicted octanol–water partition coefficient (Wildman–Crippen LogP) is 2.09. The Morgan fingerprint density at radius 2 is 2.05 bits per heavy atom. The Morgan fingerprint density at radius 3 is 2.90 bits per heavy atom. The molecule has 1 aromatic heterocycles. The van der Waals surface area contributed by atoms with Gasteiger partial charge in [-0.05, 0) is 18.9 Å². The third-order valence-electron chi connectivity index (χ3n) is 3.59. The summed E-state index contributed by atoms with van der Waals surface area (Å²) in [6.07, 6.45) is 2.00. The van der Waals surface area contributed by atoms with Crippen LogP contribution in [0.25, 0.3) is 0 Å². The second-order valence-electron chi connectivity index (χ2n) is 5.13. The fraction of sp³-hybridized carbons (Fsp3) is 0.375. The molecule has 2 aromatic rings. The van der Waals surface area contributed by atoms with Crippen molar-refractivity contribution in [1.82, 2.24) is 15.3 Å². The molecule has 20 heavy (non-hydrogen) atoms. The topological polar surface area (TPSA) is 49.8 Å². The van der Waals surface area contributed by atoms with Crippen LogP contribution in [0.1, 0.15) is 22.6 Å². The van der Waals surface area contributed by atoms with E-state index in [1.54, 1.807) is 0 Å². The van der Waals surface area contributed by atoms with Crippen LogP contribution in [0.2, 0.25) is 0 Å². The molecule has 3 rings (SSSR count). The minimum atomic E-state index is 0.855. The molecule has 0 unspecified atom stereocenters. The third-order valence-corrected chi connectivity index (χ3v) is 3.59. The lowest BCUT2D eigenvalue weighted by Crippen LogP contribution is -2.27. The van der Waals surface area contributed by atoms with Gasteiger partial charge >= 0.3 is 0 Å². The number of benzene rings is 1. The number of nitrogens with zero attached hydrogens (tertiary/aromatic N) is 2. The van der Waals surface area contributed by atoms with E-state index in [0.717, 1.165) is 44.1 Å². The first kappa shape index (κ1) is 13.1. The zero-order valence-corrected chi connectivity index (χ0v) is 11.8. The van der Waals surface area contributed by atoms with E-state index in [2.05, 4.69) is 44.9 Å². The highest BCUT2D eigenvalue weighted by atomic mass is 15.0. The van der Waals surface area contributed by atoms with Gasteiger partial charge in [-0.25, -0.2) is 9.97 Å². The molecule has 4 heteroatoms. The molecule has 1 aromatic carbocycles. The van der Waals surface area contributed by atoms with E-state index in [4.69, 9.17) is 0 Å². The number of anilines is 1. The molecule has 0 fully saturated rings. The monoisotopic (exact) mass is 268 g/mol. The van der Waals surface area contributed by atoms with Crippen molar-refractivity contribution in [3.63, 3.8) is 0 Å². The molecule has 104 valence electrons. The minimum Gasteiger partial charge on any atom is -0.369 e. The zero-order valence-electron chi connectivity index (χ0n) is 11.8. The number of hydrogen-bond donors (Lipinski definition) is 2. The highest BCUT2D eigenvalue weighted by Gasteiger charge is 2.15. The standard InChI is InChI=1S/C16H20N4/c1-12-19-15-8-9-17-11-14(15)16(20-12)18-10-7-13-5-3-2-4-6-13/h2-6,17H,7-11H2,1H3,(H,18,19,20). The summed E-state index contributed by atoms with van der Waals surface area (Å²) in [5.74, 6) is 1.85. The summed E-state index contributed by atoms with van der Waals surface area (Å²) in [7, 11) is 0. The van der Waals surface area contributed by atoms with Crippen LogP contribution in [-0.2, 0) is 19.4 Å².